The Labute approximate surface area is 153 Å². The van der Waals surface area contributed by atoms with Gasteiger partial charge in [0.1, 0.15) is 0 Å². The Morgan fingerprint density at radius 2 is 1.96 bits per heavy atom. The van der Waals surface area contributed by atoms with E-state index in [4.69, 9.17) is 4.74 Å². The van der Waals surface area contributed by atoms with Crippen molar-refractivity contribution in [1.82, 2.24) is 10.6 Å². The van der Waals surface area contributed by atoms with E-state index in [-0.39, 0.29) is 29.9 Å². The number of ether oxygens (including phenoxy) is 1. The number of hydrogen-bond acceptors (Lipinski definition) is 3. The number of rotatable bonds is 7. The SMILES string of the molecule is Cl.O=C(CCCOc1ccccc1F)NCc1ccc2c(c1)CNC2. The first-order valence-corrected chi connectivity index (χ1v) is 8.18. The third-order valence-corrected chi connectivity index (χ3v) is 4.03. The Balaban J connectivity index is 0.00000225. The molecule has 0 saturated carbocycles. The Kier molecular flexibility index (Phi) is 7.22. The largest absolute Gasteiger partial charge is 0.491 e. The van der Waals surface area contributed by atoms with E-state index in [1.807, 2.05) is 6.07 Å². The number of benzene rings is 2. The molecule has 1 amide bonds. The third kappa shape index (κ3) is 5.44. The number of halogens is 2. The van der Waals surface area contributed by atoms with E-state index < -0.39 is 0 Å². The van der Waals surface area contributed by atoms with Gasteiger partial charge in [0, 0.05) is 26.1 Å². The smallest absolute Gasteiger partial charge is 0.220 e. The van der Waals surface area contributed by atoms with Gasteiger partial charge in [-0.2, -0.15) is 0 Å². The third-order valence-electron chi connectivity index (χ3n) is 4.03. The number of nitrogens with one attached hydrogen (secondary N) is 2. The molecule has 0 saturated heterocycles. The second kappa shape index (κ2) is 9.39. The summed E-state index contributed by atoms with van der Waals surface area (Å²) in [5.41, 5.74) is 3.74. The van der Waals surface area contributed by atoms with Gasteiger partial charge in [0.2, 0.25) is 5.91 Å². The van der Waals surface area contributed by atoms with E-state index in [0.29, 0.717) is 26.0 Å². The zero-order valence-electron chi connectivity index (χ0n) is 13.9. The molecule has 6 heteroatoms. The van der Waals surface area contributed by atoms with Crippen LogP contribution in [0.1, 0.15) is 29.5 Å². The summed E-state index contributed by atoms with van der Waals surface area (Å²) in [5.74, 6) is -0.177. The second-order valence-electron chi connectivity index (χ2n) is 5.87. The van der Waals surface area contributed by atoms with E-state index in [2.05, 4.69) is 22.8 Å². The lowest BCUT2D eigenvalue weighted by molar-refractivity contribution is -0.121. The molecule has 0 aromatic heterocycles. The van der Waals surface area contributed by atoms with E-state index in [1.54, 1.807) is 18.2 Å². The summed E-state index contributed by atoms with van der Waals surface area (Å²) in [6, 6.07) is 12.6. The molecule has 0 bridgehead atoms. The van der Waals surface area contributed by atoms with Crippen LogP contribution in [-0.2, 0) is 24.4 Å². The number of fused-ring (bicyclic) bond motifs is 1. The fourth-order valence-electron chi connectivity index (χ4n) is 2.72. The lowest BCUT2D eigenvalue weighted by Gasteiger charge is -2.08. The fraction of sp³-hybridized carbons (Fsp3) is 0.316. The molecule has 0 atom stereocenters. The van der Waals surface area contributed by atoms with Crippen LogP contribution in [0.5, 0.6) is 5.75 Å². The highest BCUT2D eigenvalue weighted by Gasteiger charge is 2.10. The Hall–Kier alpha value is -2.11. The molecule has 25 heavy (non-hydrogen) atoms. The quantitative estimate of drug-likeness (QED) is 0.741. The molecule has 0 radical (unpaired) electrons. The zero-order chi connectivity index (χ0) is 16.8. The van der Waals surface area contributed by atoms with Gasteiger partial charge in [-0.15, -0.1) is 12.4 Å². The molecule has 2 aromatic carbocycles. The van der Waals surface area contributed by atoms with Crippen LogP contribution in [0.15, 0.2) is 42.5 Å². The Morgan fingerprint density at radius 3 is 2.80 bits per heavy atom. The van der Waals surface area contributed by atoms with Crippen molar-refractivity contribution in [3.63, 3.8) is 0 Å². The number of carbonyl (C=O) groups is 1. The number of para-hydroxylation sites is 1. The fourth-order valence-corrected chi connectivity index (χ4v) is 2.72. The maximum Gasteiger partial charge on any atom is 0.220 e. The average molecular weight is 365 g/mol. The molecule has 1 aliphatic heterocycles. The van der Waals surface area contributed by atoms with Crippen molar-refractivity contribution < 1.29 is 13.9 Å². The minimum atomic E-state index is -0.381. The Bertz CT molecular complexity index is 724. The van der Waals surface area contributed by atoms with Crippen molar-refractivity contribution in [1.29, 1.82) is 0 Å². The normalized spacial score (nSPS) is 12.2. The molecule has 1 heterocycles. The highest BCUT2D eigenvalue weighted by molar-refractivity contribution is 5.85. The van der Waals surface area contributed by atoms with Crippen LogP contribution in [0, 0.1) is 5.82 Å². The van der Waals surface area contributed by atoms with Crippen molar-refractivity contribution in [2.45, 2.75) is 32.5 Å². The van der Waals surface area contributed by atoms with Crippen LogP contribution in [-0.4, -0.2) is 12.5 Å². The summed E-state index contributed by atoms with van der Waals surface area (Å²) in [7, 11) is 0. The number of hydrogen-bond donors (Lipinski definition) is 2. The van der Waals surface area contributed by atoms with Crippen molar-refractivity contribution in [2.75, 3.05) is 6.61 Å². The average Bonchev–Trinajstić information content (AvgIpc) is 3.06. The van der Waals surface area contributed by atoms with Gasteiger partial charge in [-0.05, 0) is 35.2 Å². The first-order valence-electron chi connectivity index (χ1n) is 8.18. The standard InChI is InChI=1S/C19H21FN2O2.ClH/c20-17-4-1-2-5-18(17)24-9-3-6-19(23)22-11-14-7-8-15-12-21-13-16(15)10-14;/h1-2,4-5,7-8,10,21H,3,6,9,11-13H2,(H,22,23);1H. The summed E-state index contributed by atoms with van der Waals surface area (Å²) in [5, 5.41) is 6.21. The van der Waals surface area contributed by atoms with Crippen LogP contribution in [0.3, 0.4) is 0 Å². The summed E-state index contributed by atoms with van der Waals surface area (Å²) < 4.78 is 18.7. The number of amides is 1. The first-order chi connectivity index (χ1) is 11.7. The van der Waals surface area contributed by atoms with Crippen molar-refractivity contribution in [3.05, 3.63) is 65.0 Å². The van der Waals surface area contributed by atoms with Crippen molar-refractivity contribution in [2.24, 2.45) is 0 Å². The molecule has 2 N–H and O–H groups in total. The van der Waals surface area contributed by atoms with E-state index >= 15 is 0 Å². The van der Waals surface area contributed by atoms with Crippen molar-refractivity contribution >= 4 is 18.3 Å². The van der Waals surface area contributed by atoms with Crippen LogP contribution in [0.4, 0.5) is 4.39 Å². The van der Waals surface area contributed by atoms with Crippen LogP contribution in [0.25, 0.3) is 0 Å². The molecule has 134 valence electrons. The van der Waals surface area contributed by atoms with E-state index in [9.17, 15) is 9.18 Å². The van der Waals surface area contributed by atoms with Gasteiger partial charge in [-0.25, -0.2) is 4.39 Å². The monoisotopic (exact) mass is 364 g/mol. The lowest BCUT2D eigenvalue weighted by atomic mass is 10.1. The summed E-state index contributed by atoms with van der Waals surface area (Å²) >= 11 is 0. The lowest BCUT2D eigenvalue weighted by Crippen LogP contribution is -2.23. The Morgan fingerprint density at radius 1 is 1.16 bits per heavy atom. The van der Waals surface area contributed by atoms with Gasteiger partial charge in [0.25, 0.3) is 0 Å². The molecule has 0 fully saturated rings. The van der Waals surface area contributed by atoms with Gasteiger partial charge >= 0.3 is 0 Å². The van der Waals surface area contributed by atoms with E-state index in [0.717, 1.165) is 18.7 Å². The molecular weight excluding hydrogens is 343 g/mol. The summed E-state index contributed by atoms with van der Waals surface area (Å²) in [6.07, 6.45) is 0.912. The van der Waals surface area contributed by atoms with Gasteiger partial charge in [-0.1, -0.05) is 30.3 Å². The predicted molar refractivity (Wildman–Crippen MR) is 97.2 cm³/mol. The highest BCUT2D eigenvalue weighted by Crippen LogP contribution is 2.17. The second-order valence-corrected chi connectivity index (χ2v) is 5.87. The molecule has 2 aromatic rings. The van der Waals surface area contributed by atoms with E-state index in [1.165, 1.54) is 17.2 Å². The highest BCUT2D eigenvalue weighted by atomic mass is 35.5. The maximum atomic E-state index is 13.4. The maximum absolute atomic E-state index is 13.4. The topological polar surface area (TPSA) is 50.4 Å². The van der Waals surface area contributed by atoms with Gasteiger partial charge in [-0.3, -0.25) is 4.79 Å². The van der Waals surface area contributed by atoms with Crippen molar-refractivity contribution in [3.8, 4) is 5.75 Å². The molecule has 4 nitrogen and oxygen atoms in total. The summed E-state index contributed by atoms with van der Waals surface area (Å²) in [6.45, 7) is 2.66. The molecular formula is C19H22ClFN2O2. The van der Waals surface area contributed by atoms with Gasteiger partial charge in [0.15, 0.2) is 11.6 Å². The first kappa shape index (κ1) is 19.2. The molecule has 0 unspecified atom stereocenters. The van der Waals surface area contributed by atoms with Crippen LogP contribution in [0.2, 0.25) is 0 Å². The molecule has 0 aliphatic carbocycles. The van der Waals surface area contributed by atoms with Gasteiger partial charge < -0.3 is 15.4 Å². The zero-order valence-corrected chi connectivity index (χ0v) is 14.7. The van der Waals surface area contributed by atoms with Crippen LogP contribution < -0.4 is 15.4 Å². The molecule has 3 rings (SSSR count). The minimum absolute atomic E-state index is 0. The molecule has 1 aliphatic rings. The minimum Gasteiger partial charge on any atom is -0.491 e. The molecule has 0 spiro atoms. The summed E-state index contributed by atoms with van der Waals surface area (Å²) in [4.78, 5) is 11.9. The predicted octanol–water partition coefficient (Wildman–Crippen LogP) is 3.33. The van der Waals surface area contributed by atoms with Gasteiger partial charge in [0.05, 0.1) is 6.61 Å². The number of carbonyl (C=O) groups excluding carboxylic acids is 1. The van der Waals surface area contributed by atoms with Crippen LogP contribution >= 0.6 is 12.4 Å².